The number of hydrogen-bond donors (Lipinski definition) is 1. The average molecular weight is 345 g/mol. The van der Waals surface area contributed by atoms with Gasteiger partial charge in [0.2, 0.25) is 5.91 Å². The molecule has 1 amide bonds. The van der Waals surface area contributed by atoms with Gasteiger partial charge in [0, 0.05) is 36.9 Å². The molecular weight excluding hydrogens is 322 g/mol. The van der Waals surface area contributed by atoms with Crippen LogP contribution in [0.5, 0.6) is 0 Å². The predicted molar refractivity (Wildman–Crippen MR) is 108 cm³/mol. The average Bonchev–Trinajstić information content (AvgIpc) is 3.05. The number of fused-ring (bicyclic) bond motifs is 1. The molecule has 4 heteroatoms. The van der Waals surface area contributed by atoms with Crippen LogP contribution in [0, 0.1) is 0 Å². The Balaban J connectivity index is 1.68. The van der Waals surface area contributed by atoms with E-state index in [0.29, 0.717) is 12.8 Å². The highest BCUT2D eigenvalue weighted by molar-refractivity contribution is 6.00. The molecule has 0 saturated carbocycles. The third-order valence-electron chi connectivity index (χ3n) is 4.32. The lowest BCUT2D eigenvalue weighted by atomic mass is 10.0. The first-order chi connectivity index (χ1) is 12.7. The van der Waals surface area contributed by atoms with Crippen molar-refractivity contribution in [2.24, 2.45) is 7.05 Å². The number of amides is 1. The highest BCUT2D eigenvalue weighted by atomic mass is 16.1. The van der Waals surface area contributed by atoms with E-state index in [1.54, 1.807) is 6.20 Å². The van der Waals surface area contributed by atoms with Crippen LogP contribution in [0.1, 0.15) is 25.0 Å². The minimum atomic E-state index is -0.00926. The van der Waals surface area contributed by atoms with Crippen molar-refractivity contribution >= 4 is 28.6 Å². The van der Waals surface area contributed by atoms with E-state index in [9.17, 15) is 4.79 Å². The largest absolute Gasteiger partial charge is 0.351 e. The second-order valence-corrected chi connectivity index (χ2v) is 6.27. The lowest BCUT2D eigenvalue weighted by Gasteiger charge is -2.09. The van der Waals surface area contributed by atoms with Crippen molar-refractivity contribution in [2.45, 2.75) is 19.3 Å². The van der Waals surface area contributed by atoms with Crippen LogP contribution in [-0.2, 0) is 11.8 Å². The fourth-order valence-electron chi connectivity index (χ4n) is 2.94. The Labute approximate surface area is 153 Å². The molecule has 26 heavy (non-hydrogen) atoms. The molecule has 0 radical (unpaired) electrons. The number of hydrogen-bond acceptors (Lipinski definition) is 2. The first-order valence-corrected chi connectivity index (χ1v) is 8.72. The number of para-hydroxylation sites is 1. The zero-order valence-electron chi connectivity index (χ0n) is 15.0. The number of nitrogens with zero attached hydrogens (tertiary/aromatic N) is 2. The topological polar surface area (TPSA) is 46.9 Å². The fraction of sp³-hybridized carbons (Fsp3) is 0.182. The summed E-state index contributed by atoms with van der Waals surface area (Å²) in [5.41, 5.74) is 3.88. The van der Waals surface area contributed by atoms with Gasteiger partial charge < -0.3 is 9.88 Å². The predicted octanol–water partition coefficient (Wildman–Crippen LogP) is 4.95. The third-order valence-corrected chi connectivity index (χ3v) is 4.32. The number of anilines is 1. The maximum absolute atomic E-state index is 12.4. The first-order valence-electron chi connectivity index (χ1n) is 8.72. The van der Waals surface area contributed by atoms with E-state index in [2.05, 4.69) is 33.6 Å². The summed E-state index contributed by atoms with van der Waals surface area (Å²) in [4.78, 5) is 16.8. The number of benzene rings is 1. The lowest BCUT2D eigenvalue weighted by molar-refractivity contribution is -0.116. The Morgan fingerprint density at radius 3 is 2.81 bits per heavy atom. The fourth-order valence-corrected chi connectivity index (χ4v) is 2.94. The van der Waals surface area contributed by atoms with E-state index in [0.717, 1.165) is 28.7 Å². The van der Waals surface area contributed by atoms with Gasteiger partial charge in [-0.15, -0.1) is 6.58 Å². The smallest absolute Gasteiger partial charge is 0.224 e. The molecule has 1 N–H and O–H groups in total. The van der Waals surface area contributed by atoms with Crippen molar-refractivity contribution in [1.82, 2.24) is 9.55 Å². The molecule has 1 aromatic carbocycles. The summed E-state index contributed by atoms with van der Waals surface area (Å²) in [5.74, 6) is -0.00926. The molecule has 132 valence electrons. The van der Waals surface area contributed by atoms with Gasteiger partial charge in [0.15, 0.2) is 0 Å². The van der Waals surface area contributed by atoms with Crippen LogP contribution in [0.3, 0.4) is 0 Å². The van der Waals surface area contributed by atoms with Gasteiger partial charge in [0.1, 0.15) is 0 Å². The second-order valence-electron chi connectivity index (χ2n) is 6.27. The van der Waals surface area contributed by atoms with Crippen LogP contribution < -0.4 is 5.32 Å². The van der Waals surface area contributed by atoms with E-state index in [-0.39, 0.29) is 5.91 Å². The maximum Gasteiger partial charge on any atom is 0.224 e. The number of aromatic nitrogens is 2. The van der Waals surface area contributed by atoms with Crippen LogP contribution in [0.15, 0.2) is 73.1 Å². The van der Waals surface area contributed by atoms with Crippen molar-refractivity contribution in [3.05, 3.63) is 78.8 Å². The molecule has 0 aliphatic rings. The van der Waals surface area contributed by atoms with Gasteiger partial charge >= 0.3 is 0 Å². The van der Waals surface area contributed by atoms with Gasteiger partial charge in [-0.3, -0.25) is 9.78 Å². The summed E-state index contributed by atoms with van der Waals surface area (Å²) in [5, 5.41) is 4.01. The summed E-state index contributed by atoms with van der Waals surface area (Å²) in [6, 6.07) is 13.8. The molecule has 0 saturated heterocycles. The first kappa shape index (κ1) is 17.7. The molecule has 0 spiro atoms. The van der Waals surface area contributed by atoms with Gasteiger partial charge in [0.05, 0.1) is 11.2 Å². The molecule has 2 heterocycles. The molecule has 0 aliphatic carbocycles. The Bertz CT molecular complexity index is 947. The summed E-state index contributed by atoms with van der Waals surface area (Å²) >= 11 is 0. The molecular formula is C22H23N3O. The van der Waals surface area contributed by atoms with Crippen molar-refractivity contribution in [3.8, 4) is 0 Å². The highest BCUT2D eigenvalue weighted by Gasteiger charge is 2.08. The van der Waals surface area contributed by atoms with E-state index < -0.39 is 0 Å². The van der Waals surface area contributed by atoms with Crippen LogP contribution in [0.25, 0.3) is 17.0 Å². The molecule has 0 atom stereocenters. The minimum absolute atomic E-state index is 0.00926. The van der Waals surface area contributed by atoms with Crippen LogP contribution in [-0.4, -0.2) is 15.5 Å². The molecule has 3 rings (SSSR count). The monoisotopic (exact) mass is 345 g/mol. The van der Waals surface area contributed by atoms with E-state index >= 15 is 0 Å². The number of allylic oxidation sites excluding steroid dienone is 2. The van der Waals surface area contributed by atoms with Gasteiger partial charge in [-0.1, -0.05) is 29.8 Å². The van der Waals surface area contributed by atoms with Crippen molar-refractivity contribution in [1.29, 1.82) is 0 Å². The highest BCUT2D eigenvalue weighted by Crippen LogP contribution is 2.22. The van der Waals surface area contributed by atoms with Gasteiger partial charge in [-0.2, -0.15) is 0 Å². The zero-order valence-corrected chi connectivity index (χ0v) is 15.0. The van der Waals surface area contributed by atoms with Crippen molar-refractivity contribution < 1.29 is 4.79 Å². The molecule has 2 aromatic heterocycles. The molecule has 4 nitrogen and oxygen atoms in total. The SMILES string of the molecule is C=CCC(=Cc1cccn1C)CCC(=O)Nc1cccc2cccnc12. The maximum atomic E-state index is 12.4. The Morgan fingerprint density at radius 1 is 1.19 bits per heavy atom. The van der Waals surface area contributed by atoms with Crippen LogP contribution >= 0.6 is 0 Å². The van der Waals surface area contributed by atoms with Gasteiger partial charge in [0.25, 0.3) is 0 Å². The Morgan fingerprint density at radius 2 is 2.04 bits per heavy atom. The number of nitrogens with one attached hydrogen (secondary N) is 1. The number of aryl methyl sites for hydroxylation is 1. The quantitative estimate of drug-likeness (QED) is 0.616. The summed E-state index contributed by atoms with van der Waals surface area (Å²) in [6.45, 7) is 3.82. The van der Waals surface area contributed by atoms with Crippen LogP contribution in [0.2, 0.25) is 0 Å². The normalized spacial score (nSPS) is 11.5. The second kappa shape index (κ2) is 8.30. The Hall–Kier alpha value is -3.14. The molecule has 0 unspecified atom stereocenters. The third kappa shape index (κ3) is 4.28. The lowest BCUT2D eigenvalue weighted by Crippen LogP contribution is -2.12. The van der Waals surface area contributed by atoms with Crippen molar-refractivity contribution in [3.63, 3.8) is 0 Å². The summed E-state index contributed by atoms with van der Waals surface area (Å²) in [6.07, 6.45) is 9.65. The summed E-state index contributed by atoms with van der Waals surface area (Å²) in [7, 11) is 2.01. The van der Waals surface area contributed by atoms with Gasteiger partial charge in [-0.25, -0.2) is 0 Å². The number of pyridine rings is 1. The van der Waals surface area contributed by atoms with E-state index in [1.165, 1.54) is 5.57 Å². The number of carbonyl (C=O) groups excluding carboxylic acids is 1. The zero-order chi connectivity index (χ0) is 18.4. The van der Waals surface area contributed by atoms with E-state index in [4.69, 9.17) is 0 Å². The van der Waals surface area contributed by atoms with Crippen molar-refractivity contribution in [2.75, 3.05) is 5.32 Å². The van der Waals surface area contributed by atoms with Crippen LogP contribution in [0.4, 0.5) is 5.69 Å². The summed E-state index contributed by atoms with van der Waals surface area (Å²) < 4.78 is 2.06. The number of rotatable bonds is 7. The van der Waals surface area contributed by atoms with E-state index in [1.807, 2.05) is 55.7 Å². The minimum Gasteiger partial charge on any atom is -0.351 e. The number of carbonyl (C=O) groups is 1. The molecule has 0 fully saturated rings. The molecule has 0 aliphatic heterocycles. The molecule has 3 aromatic rings. The molecule has 0 bridgehead atoms. The Kier molecular flexibility index (Phi) is 5.64. The van der Waals surface area contributed by atoms with Gasteiger partial charge in [-0.05, 0) is 43.2 Å². The standard InChI is InChI=1S/C22H23N3O/c1-3-7-17(16-19-10-6-15-25(19)2)12-13-21(26)24-20-11-4-8-18-9-5-14-23-22(18)20/h3-6,8-11,14-16H,1,7,12-13H2,2H3,(H,24,26).